The topological polar surface area (TPSA) is 8.17 Å². The van der Waals surface area contributed by atoms with Crippen LogP contribution in [0, 0.1) is 0 Å². The molecule has 280 valence electrons. The van der Waals surface area contributed by atoms with Crippen LogP contribution >= 0.6 is 0 Å². The average Bonchev–Trinajstić information content (AvgIpc) is 3.67. The predicted octanol–water partition coefficient (Wildman–Crippen LogP) is 16.2. The molecule has 1 aromatic heterocycles. The first-order valence-electron chi connectivity index (χ1n) is 20.7. The standard InChI is InChI=1S/C58H38N2/c1-3-14-39(15-4-1)54-35-34-53(57-55-24-11-12-25-56(55)60(58(54)57)45-19-5-2-6-20-45)42-18-13-21-46(36-42)59(47-30-32-51-43(37-47)28-26-40-16-7-9-22-49(40)51)48-31-33-52-44(38-48)29-27-41-17-8-10-23-50(41)52/h1-38H. The van der Waals surface area contributed by atoms with Crippen molar-refractivity contribution < 1.29 is 0 Å². The van der Waals surface area contributed by atoms with Crippen LogP contribution in [0.5, 0.6) is 0 Å². The quantitative estimate of drug-likeness (QED) is 0.153. The number of hydrogen-bond donors (Lipinski definition) is 0. The van der Waals surface area contributed by atoms with Gasteiger partial charge in [0.1, 0.15) is 0 Å². The molecule has 0 saturated carbocycles. The third-order valence-electron chi connectivity index (χ3n) is 12.3. The molecule has 0 unspecified atom stereocenters. The zero-order chi connectivity index (χ0) is 39.6. The molecule has 0 amide bonds. The molecular formula is C58H38N2. The van der Waals surface area contributed by atoms with Crippen LogP contribution in [0.4, 0.5) is 17.1 Å². The van der Waals surface area contributed by atoms with Crippen molar-refractivity contribution >= 4 is 82.0 Å². The van der Waals surface area contributed by atoms with Gasteiger partial charge >= 0.3 is 0 Å². The van der Waals surface area contributed by atoms with E-state index in [2.05, 4.69) is 240 Å². The van der Waals surface area contributed by atoms with E-state index in [1.807, 2.05) is 0 Å². The molecule has 0 saturated heterocycles. The molecule has 0 radical (unpaired) electrons. The molecule has 0 bridgehead atoms. The Morgan fingerprint density at radius 1 is 0.300 bits per heavy atom. The number of para-hydroxylation sites is 2. The van der Waals surface area contributed by atoms with Crippen molar-refractivity contribution in [3.63, 3.8) is 0 Å². The van der Waals surface area contributed by atoms with Crippen molar-refractivity contribution in [2.45, 2.75) is 0 Å². The molecule has 0 aliphatic rings. The van der Waals surface area contributed by atoms with Crippen LogP contribution in [0.15, 0.2) is 231 Å². The summed E-state index contributed by atoms with van der Waals surface area (Å²) < 4.78 is 2.45. The minimum absolute atomic E-state index is 1.10. The second-order valence-corrected chi connectivity index (χ2v) is 15.7. The van der Waals surface area contributed by atoms with E-state index in [1.54, 1.807) is 0 Å². The lowest BCUT2D eigenvalue weighted by Crippen LogP contribution is -2.10. The summed E-state index contributed by atoms with van der Waals surface area (Å²) >= 11 is 0. The van der Waals surface area contributed by atoms with Gasteiger partial charge in [-0.2, -0.15) is 0 Å². The highest BCUT2D eigenvalue weighted by molar-refractivity contribution is 6.20. The maximum atomic E-state index is 2.45. The molecule has 60 heavy (non-hydrogen) atoms. The number of aromatic nitrogens is 1. The monoisotopic (exact) mass is 762 g/mol. The van der Waals surface area contributed by atoms with E-state index in [9.17, 15) is 0 Å². The highest BCUT2D eigenvalue weighted by Crippen LogP contribution is 2.45. The molecule has 12 aromatic rings. The first-order chi connectivity index (χ1) is 29.8. The SMILES string of the molecule is c1ccc(-c2ccc(-c3cccc(N(c4ccc5c(ccc6ccccc65)c4)c4ccc5c(ccc6ccccc65)c4)c3)c3c4ccccc4n(-c4ccccc4)c23)cc1. The lowest BCUT2D eigenvalue weighted by atomic mass is 9.94. The molecule has 0 aliphatic heterocycles. The molecule has 0 aliphatic carbocycles. The van der Waals surface area contributed by atoms with Crippen LogP contribution in [-0.2, 0) is 0 Å². The van der Waals surface area contributed by atoms with Gasteiger partial charge in [0, 0.05) is 39.1 Å². The van der Waals surface area contributed by atoms with Gasteiger partial charge in [-0.05, 0) is 114 Å². The second kappa shape index (κ2) is 13.9. The van der Waals surface area contributed by atoms with Gasteiger partial charge in [-0.15, -0.1) is 0 Å². The van der Waals surface area contributed by atoms with E-state index < -0.39 is 0 Å². The fourth-order valence-electron chi connectivity index (χ4n) is 9.57. The lowest BCUT2D eigenvalue weighted by molar-refractivity contribution is 1.18. The Labute approximate surface area is 348 Å². The van der Waals surface area contributed by atoms with Crippen LogP contribution in [-0.4, -0.2) is 4.57 Å². The van der Waals surface area contributed by atoms with E-state index in [4.69, 9.17) is 0 Å². The van der Waals surface area contributed by atoms with Gasteiger partial charge in [0.05, 0.1) is 11.0 Å². The Kier molecular flexibility index (Phi) is 7.89. The van der Waals surface area contributed by atoms with Gasteiger partial charge < -0.3 is 9.47 Å². The highest BCUT2D eigenvalue weighted by atomic mass is 15.1. The van der Waals surface area contributed by atoms with Crippen molar-refractivity contribution in [3.8, 4) is 27.9 Å². The Bertz CT molecular complexity index is 3480. The van der Waals surface area contributed by atoms with E-state index in [0.717, 1.165) is 28.3 Å². The summed E-state index contributed by atoms with van der Waals surface area (Å²) in [5, 5.41) is 12.5. The van der Waals surface area contributed by atoms with Crippen molar-refractivity contribution in [3.05, 3.63) is 231 Å². The Morgan fingerprint density at radius 2 is 0.800 bits per heavy atom. The average molecular weight is 763 g/mol. The molecule has 0 fully saturated rings. The number of benzene rings is 11. The Balaban J connectivity index is 1.10. The molecular weight excluding hydrogens is 725 g/mol. The maximum absolute atomic E-state index is 2.45. The third-order valence-corrected chi connectivity index (χ3v) is 12.3. The van der Waals surface area contributed by atoms with Crippen LogP contribution in [0.3, 0.4) is 0 Å². The van der Waals surface area contributed by atoms with Crippen molar-refractivity contribution in [1.29, 1.82) is 0 Å². The van der Waals surface area contributed by atoms with Crippen LogP contribution in [0.1, 0.15) is 0 Å². The third kappa shape index (κ3) is 5.50. The van der Waals surface area contributed by atoms with Gasteiger partial charge in [-0.3, -0.25) is 0 Å². The molecule has 0 atom stereocenters. The van der Waals surface area contributed by atoms with Crippen molar-refractivity contribution in [2.75, 3.05) is 4.90 Å². The van der Waals surface area contributed by atoms with E-state index in [-0.39, 0.29) is 0 Å². The molecule has 0 N–H and O–H groups in total. The second-order valence-electron chi connectivity index (χ2n) is 15.7. The zero-order valence-electron chi connectivity index (χ0n) is 32.8. The number of anilines is 3. The minimum Gasteiger partial charge on any atom is -0.310 e. The minimum atomic E-state index is 1.10. The van der Waals surface area contributed by atoms with E-state index >= 15 is 0 Å². The largest absolute Gasteiger partial charge is 0.310 e. The van der Waals surface area contributed by atoms with Crippen molar-refractivity contribution in [2.24, 2.45) is 0 Å². The number of nitrogens with zero attached hydrogens (tertiary/aromatic N) is 2. The number of hydrogen-bond acceptors (Lipinski definition) is 1. The molecule has 2 heteroatoms. The smallest absolute Gasteiger partial charge is 0.0625 e. The maximum Gasteiger partial charge on any atom is 0.0625 e. The van der Waals surface area contributed by atoms with Crippen LogP contribution in [0.25, 0.3) is 92.8 Å². The van der Waals surface area contributed by atoms with Crippen LogP contribution in [0.2, 0.25) is 0 Å². The summed E-state index contributed by atoms with van der Waals surface area (Å²) in [6.45, 7) is 0. The first-order valence-corrected chi connectivity index (χ1v) is 20.7. The number of rotatable bonds is 6. The highest BCUT2D eigenvalue weighted by Gasteiger charge is 2.22. The normalized spacial score (nSPS) is 11.7. The molecule has 11 aromatic carbocycles. The summed E-state index contributed by atoms with van der Waals surface area (Å²) in [7, 11) is 0. The molecule has 2 nitrogen and oxygen atoms in total. The van der Waals surface area contributed by atoms with Gasteiger partial charge in [-0.1, -0.05) is 176 Å². The summed E-state index contributed by atoms with van der Waals surface area (Å²) in [5.41, 5.74) is 11.6. The fourth-order valence-corrected chi connectivity index (χ4v) is 9.57. The molecule has 1 heterocycles. The van der Waals surface area contributed by atoms with E-state index in [1.165, 1.54) is 81.6 Å². The Morgan fingerprint density at radius 3 is 1.47 bits per heavy atom. The summed E-state index contributed by atoms with van der Waals surface area (Å²) in [6, 6.07) is 84.4. The van der Waals surface area contributed by atoms with Gasteiger partial charge in [0.2, 0.25) is 0 Å². The van der Waals surface area contributed by atoms with E-state index in [0.29, 0.717) is 0 Å². The summed E-state index contributed by atoms with van der Waals surface area (Å²) in [5.74, 6) is 0. The van der Waals surface area contributed by atoms with Crippen molar-refractivity contribution in [1.82, 2.24) is 4.57 Å². The summed E-state index contributed by atoms with van der Waals surface area (Å²) in [6.07, 6.45) is 0. The lowest BCUT2D eigenvalue weighted by Gasteiger charge is -2.27. The van der Waals surface area contributed by atoms with Gasteiger partial charge in [0.15, 0.2) is 0 Å². The molecule has 12 rings (SSSR count). The van der Waals surface area contributed by atoms with Gasteiger partial charge in [-0.25, -0.2) is 0 Å². The van der Waals surface area contributed by atoms with Crippen LogP contribution < -0.4 is 4.90 Å². The first kappa shape index (κ1) is 34.1. The predicted molar refractivity (Wildman–Crippen MR) is 256 cm³/mol. The van der Waals surface area contributed by atoms with Gasteiger partial charge in [0.25, 0.3) is 0 Å². The molecule has 0 spiro atoms. The Hall–Kier alpha value is -7.94. The summed E-state index contributed by atoms with van der Waals surface area (Å²) in [4.78, 5) is 2.43. The zero-order valence-corrected chi connectivity index (χ0v) is 32.8. The number of fused-ring (bicyclic) bond motifs is 9. The fraction of sp³-hybridized carbons (Fsp3) is 0.